The molecule has 0 saturated heterocycles. The fourth-order valence-electron chi connectivity index (χ4n) is 3.53. The van der Waals surface area contributed by atoms with Gasteiger partial charge in [0, 0.05) is 34.8 Å². The number of rotatable bonds is 6. The highest BCUT2D eigenvalue weighted by Crippen LogP contribution is 2.38. The lowest BCUT2D eigenvalue weighted by Crippen LogP contribution is -2.29. The van der Waals surface area contributed by atoms with Crippen molar-refractivity contribution in [2.75, 3.05) is 7.11 Å². The molecule has 1 amide bonds. The zero-order chi connectivity index (χ0) is 23.5. The van der Waals surface area contributed by atoms with Gasteiger partial charge in [-0.15, -0.1) is 0 Å². The number of hydrogen-bond acceptors (Lipinski definition) is 6. The third kappa shape index (κ3) is 4.42. The topological polar surface area (TPSA) is 115 Å². The number of aromatic hydroxyl groups is 1. The van der Waals surface area contributed by atoms with Gasteiger partial charge in [0.1, 0.15) is 17.0 Å². The van der Waals surface area contributed by atoms with E-state index in [2.05, 4.69) is 10.3 Å². The van der Waals surface area contributed by atoms with Crippen molar-refractivity contribution in [2.45, 2.75) is 6.04 Å². The Morgan fingerprint density at radius 2 is 1.91 bits per heavy atom. The number of non-ortho nitro benzene ring substituents is 1. The van der Waals surface area contributed by atoms with Crippen molar-refractivity contribution in [3.8, 4) is 11.5 Å². The molecule has 4 aromatic rings. The summed E-state index contributed by atoms with van der Waals surface area (Å²) in [6.45, 7) is 0. The lowest BCUT2D eigenvalue weighted by molar-refractivity contribution is -0.384. The van der Waals surface area contributed by atoms with Crippen LogP contribution in [0, 0.1) is 10.1 Å². The predicted octanol–water partition coefficient (Wildman–Crippen LogP) is 5.03. The van der Waals surface area contributed by atoms with E-state index in [1.165, 1.54) is 37.6 Å². The number of pyridine rings is 1. The summed E-state index contributed by atoms with van der Waals surface area (Å²) in [7, 11) is 1.50. The van der Waals surface area contributed by atoms with E-state index in [4.69, 9.17) is 16.3 Å². The summed E-state index contributed by atoms with van der Waals surface area (Å²) in [4.78, 5) is 27.9. The van der Waals surface area contributed by atoms with E-state index in [0.29, 0.717) is 32.8 Å². The molecule has 2 N–H and O–H groups in total. The van der Waals surface area contributed by atoms with Crippen LogP contribution in [0.15, 0.2) is 72.9 Å². The largest absolute Gasteiger partial charge is 0.505 e. The van der Waals surface area contributed by atoms with Gasteiger partial charge in [0.2, 0.25) is 0 Å². The Bertz CT molecular complexity index is 1360. The Morgan fingerprint density at radius 1 is 1.15 bits per heavy atom. The van der Waals surface area contributed by atoms with Gasteiger partial charge in [0.15, 0.2) is 0 Å². The molecule has 8 nitrogen and oxygen atoms in total. The highest BCUT2D eigenvalue weighted by molar-refractivity contribution is 6.35. The lowest BCUT2D eigenvalue weighted by Gasteiger charge is -2.22. The Morgan fingerprint density at radius 3 is 2.61 bits per heavy atom. The Balaban J connectivity index is 1.83. The minimum absolute atomic E-state index is 0.0981. The number of methoxy groups -OCH3 is 1. The summed E-state index contributed by atoms with van der Waals surface area (Å²) in [5, 5.41) is 25.9. The molecule has 0 saturated carbocycles. The van der Waals surface area contributed by atoms with Gasteiger partial charge < -0.3 is 15.2 Å². The second-order valence-corrected chi connectivity index (χ2v) is 7.59. The number of nitro benzene ring substituents is 1. The first-order valence-electron chi connectivity index (χ1n) is 9.84. The van der Waals surface area contributed by atoms with E-state index in [-0.39, 0.29) is 17.0 Å². The molecule has 3 aromatic carbocycles. The first kappa shape index (κ1) is 22.0. The molecule has 0 aliphatic heterocycles. The third-order valence-corrected chi connectivity index (χ3v) is 5.51. The summed E-state index contributed by atoms with van der Waals surface area (Å²) in [6, 6.07) is 16.4. The number of carbonyl (C=O) groups excluding carboxylic acids is 1. The normalized spacial score (nSPS) is 11.7. The van der Waals surface area contributed by atoms with Crippen molar-refractivity contribution >= 4 is 34.1 Å². The molecule has 0 spiro atoms. The first-order chi connectivity index (χ1) is 15.9. The Kier molecular flexibility index (Phi) is 6.10. The maximum atomic E-state index is 13.1. The van der Waals surface area contributed by atoms with Crippen molar-refractivity contribution in [1.82, 2.24) is 10.3 Å². The molecule has 0 aliphatic rings. The first-order valence-corrected chi connectivity index (χ1v) is 10.2. The van der Waals surface area contributed by atoms with Crippen molar-refractivity contribution in [3.63, 3.8) is 0 Å². The Labute approximate surface area is 193 Å². The molecule has 0 unspecified atom stereocenters. The molecule has 1 aromatic heterocycles. The number of phenolic OH excluding ortho intramolecular Hbond substituents is 1. The number of benzene rings is 3. The van der Waals surface area contributed by atoms with E-state index in [1.54, 1.807) is 42.5 Å². The average molecular weight is 464 g/mol. The molecule has 33 heavy (non-hydrogen) atoms. The minimum Gasteiger partial charge on any atom is -0.505 e. The van der Waals surface area contributed by atoms with Crippen molar-refractivity contribution < 1.29 is 19.6 Å². The van der Waals surface area contributed by atoms with Crippen LogP contribution in [0.2, 0.25) is 5.02 Å². The minimum atomic E-state index is -0.867. The lowest BCUT2D eigenvalue weighted by atomic mass is 9.95. The summed E-state index contributed by atoms with van der Waals surface area (Å²) in [5.41, 5.74) is 1.34. The zero-order valence-corrected chi connectivity index (χ0v) is 18.1. The highest BCUT2D eigenvalue weighted by atomic mass is 35.5. The number of aromatic nitrogens is 1. The number of fused-ring (bicyclic) bond motifs is 1. The van der Waals surface area contributed by atoms with Gasteiger partial charge in [0.25, 0.3) is 11.6 Å². The predicted molar refractivity (Wildman–Crippen MR) is 124 cm³/mol. The van der Waals surface area contributed by atoms with Crippen LogP contribution in [0.4, 0.5) is 5.69 Å². The second-order valence-electron chi connectivity index (χ2n) is 7.18. The van der Waals surface area contributed by atoms with E-state index < -0.39 is 16.9 Å². The molecule has 0 aliphatic carbocycles. The molecule has 166 valence electrons. The maximum Gasteiger partial charge on any atom is 0.269 e. The summed E-state index contributed by atoms with van der Waals surface area (Å²) in [6.07, 6.45) is 1.53. The summed E-state index contributed by atoms with van der Waals surface area (Å²) in [5.74, 6) is -0.0754. The molecular formula is C24H18ClN3O5. The number of carbonyl (C=O) groups is 1. The van der Waals surface area contributed by atoms with E-state index in [9.17, 15) is 20.0 Å². The van der Waals surface area contributed by atoms with Gasteiger partial charge in [-0.2, -0.15) is 0 Å². The maximum absolute atomic E-state index is 13.1. The summed E-state index contributed by atoms with van der Waals surface area (Å²) >= 11 is 6.46. The Hall–Kier alpha value is -4.17. The van der Waals surface area contributed by atoms with Crippen molar-refractivity contribution in [2.24, 2.45) is 0 Å². The van der Waals surface area contributed by atoms with Crippen LogP contribution >= 0.6 is 11.6 Å². The number of ether oxygens (including phenoxy) is 1. The number of halogens is 1. The van der Waals surface area contributed by atoms with Crippen LogP contribution in [0.3, 0.4) is 0 Å². The highest BCUT2D eigenvalue weighted by Gasteiger charge is 2.24. The molecular weight excluding hydrogens is 446 g/mol. The van der Waals surface area contributed by atoms with Crippen LogP contribution < -0.4 is 10.1 Å². The molecule has 9 heteroatoms. The number of nitrogens with one attached hydrogen (secondary N) is 1. The third-order valence-electron chi connectivity index (χ3n) is 5.20. The van der Waals surface area contributed by atoms with E-state index in [1.807, 2.05) is 0 Å². The number of amides is 1. The zero-order valence-electron chi connectivity index (χ0n) is 17.4. The van der Waals surface area contributed by atoms with Crippen LogP contribution in [0.5, 0.6) is 11.5 Å². The van der Waals surface area contributed by atoms with Crippen LogP contribution in [-0.2, 0) is 0 Å². The van der Waals surface area contributed by atoms with Gasteiger partial charge >= 0.3 is 0 Å². The van der Waals surface area contributed by atoms with E-state index in [0.717, 1.165) is 0 Å². The van der Waals surface area contributed by atoms with Crippen molar-refractivity contribution in [1.29, 1.82) is 0 Å². The van der Waals surface area contributed by atoms with Crippen molar-refractivity contribution in [3.05, 3.63) is 105 Å². The van der Waals surface area contributed by atoms with Gasteiger partial charge in [-0.1, -0.05) is 17.7 Å². The average Bonchev–Trinajstić information content (AvgIpc) is 2.85. The smallest absolute Gasteiger partial charge is 0.269 e. The van der Waals surface area contributed by atoms with Gasteiger partial charge in [-0.25, -0.2) is 0 Å². The molecule has 1 atom stereocenters. The molecule has 0 bridgehead atoms. The van der Waals surface area contributed by atoms with Crippen LogP contribution in [-0.4, -0.2) is 28.0 Å². The second kappa shape index (κ2) is 9.13. The standard InChI is InChI=1S/C24H18ClN3O5/c1-33-17-5-2-4-15(12-17)24(30)27-21(14-7-9-16(10-8-14)28(31)32)19-13-20(25)18-6-3-11-26-22(18)23(19)29/h2-13,21,29H,1H3,(H,27,30)/t21-/m1/s1. The monoisotopic (exact) mass is 463 g/mol. The molecule has 0 fully saturated rings. The van der Waals surface area contributed by atoms with Crippen LogP contribution in [0.25, 0.3) is 10.9 Å². The number of hydrogen-bond donors (Lipinski definition) is 2. The fraction of sp³-hybridized carbons (Fsp3) is 0.0833. The molecule has 4 rings (SSSR count). The number of nitro groups is 1. The van der Waals surface area contributed by atoms with Gasteiger partial charge in [-0.3, -0.25) is 19.9 Å². The van der Waals surface area contributed by atoms with E-state index >= 15 is 0 Å². The van der Waals surface area contributed by atoms with Gasteiger partial charge in [0.05, 0.1) is 23.1 Å². The fourth-order valence-corrected chi connectivity index (χ4v) is 3.80. The summed E-state index contributed by atoms with van der Waals surface area (Å²) < 4.78 is 5.19. The molecule has 1 heterocycles. The number of phenols is 1. The van der Waals surface area contributed by atoms with Crippen LogP contribution in [0.1, 0.15) is 27.5 Å². The molecule has 0 radical (unpaired) electrons. The number of nitrogens with zero attached hydrogens (tertiary/aromatic N) is 2. The quantitative estimate of drug-likeness (QED) is 0.306. The SMILES string of the molecule is COc1cccc(C(=O)N[C@H](c2ccc([N+](=O)[O-])cc2)c2cc(Cl)c3cccnc3c2O)c1. The van der Waals surface area contributed by atoms with Gasteiger partial charge in [-0.05, 0) is 54.1 Å².